The van der Waals surface area contributed by atoms with Gasteiger partial charge in [-0.25, -0.2) is 0 Å². The van der Waals surface area contributed by atoms with Crippen LogP contribution in [0.25, 0.3) is 38.7 Å². The molecule has 4 aromatic rings. The fourth-order valence-electron chi connectivity index (χ4n) is 6.18. The third-order valence-electron chi connectivity index (χ3n) is 7.65. The Morgan fingerprint density at radius 2 is 1.32 bits per heavy atom. The van der Waals surface area contributed by atoms with Gasteiger partial charge in [0.05, 0.1) is 0 Å². The zero-order valence-electron chi connectivity index (χ0n) is 21.9. The molecule has 0 saturated heterocycles. The highest BCUT2D eigenvalue weighted by Gasteiger charge is 2.31. The lowest BCUT2D eigenvalue weighted by Gasteiger charge is -2.33. The summed E-state index contributed by atoms with van der Waals surface area (Å²) in [5.74, 6) is 0.543. The summed E-state index contributed by atoms with van der Waals surface area (Å²) in [5, 5.41) is 5.54. The van der Waals surface area contributed by atoms with Gasteiger partial charge in [-0.15, -0.1) is 0 Å². The molecule has 0 heterocycles. The van der Waals surface area contributed by atoms with E-state index >= 15 is 0 Å². The topological polar surface area (TPSA) is 0 Å². The normalized spacial score (nSPS) is 16.3. The maximum atomic E-state index is 2.42. The van der Waals surface area contributed by atoms with Gasteiger partial charge in [0.15, 0.2) is 0 Å². The lowest BCUT2D eigenvalue weighted by molar-refractivity contribution is 0.588. The van der Waals surface area contributed by atoms with Crippen molar-refractivity contribution in [2.75, 3.05) is 0 Å². The zero-order valence-corrected chi connectivity index (χ0v) is 21.9. The van der Waals surface area contributed by atoms with Gasteiger partial charge in [0.2, 0.25) is 0 Å². The Balaban J connectivity index is 2.00. The molecule has 34 heavy (non-hydrogen) atoms. The standard InChI is InChI=1S/C34H38/c1-8-22-14-13-19-28-30(22)31(25-17-11-12-18-27(25)32(28)34(5,6)7)26-20-21-29(33(2,3)4)24-16-10-9-15-23(24)26/h9-13,15-22H,8,14H2,1-7H3. The number of rotatable bonds is 2. The summed E-state index contributed by atoms with van der Waals surface area (Å²) in [5.41, 5.74) is 8.93. The quantitative estimate of drug-likeness (QED) is 0.287. The van der Waals surface area contributed by atoms with Crippen LogP contribution >= 0.6 is 0 Å². The minimum absolute atomic E-state index is 0.0698. The maximum absolute atomic E-state index is 2.42. The zero-order chi connectivity index (χ0) is 24.3. The minimum atomic E-state index is 0.0698. The summed E-state index contributed by atoms with van der Waals surface area (Å²) in [6.45, 7) is 16.4. The van der Waals surface area contributed by atoms with Crippen molar-refractivity contribution in [3.8, 4) is 11.1 Å². The van der Waals surface area contributed by atoms with Gasteiger partial charge >= 0.3 is 0 Å². The SMILES string of the molecule is CCC1CC=Cc2c1c(-c1ccc(C(C)(C)C)c3ccccc13)c1ccccc1c2C(C)(C)C. The smallest absolute Gasteiger partial charge is 0.00579 e. The average Bonchev–Trinajstić information content (AvgIpc) is 2.80. The van der Waals surface area contributed by atoms with Gasteiger partial charge in [-0.2, -0.15) is 0 Å². The molecular formula is C34H38. The monoisotopic (exact) mass is 446 g/mol. The van der Waals surface area contributed by atoms with E-state index in [9.17, 15) is 0 Å². The molecule has 5 rings (SSSR count). The Morgan fingerprint density at radius 3 is 1.94 bits per heavy atom. The van der Waals surface area contributed by atoms with Gasteiger partial charge in [-0.1, -0.05) is 121 Å². The van der Waals surface area contributed by atoms with Gasteiger partial charge in [0, 0.05) is 0 Å². The van der Waals surface area contributed by atoms with E-state index in [2.05, 4.69) is 121 Å². The van der Waals surface area contributed by atoms with Crippen molar-refractivity contribution in [2.45, 2.75) is 78.1 Å². The third-order valence-corrected chi connectivity index (χ3v) is 7.65. The van der Waals surface area contributed by atoms with Gasteiger partial charge in [-0.3, -0.25) is 0 Å². The minimum Gasteiger partial charge on any atom is -0.0833 e. The molecule has 1 aliphatic rings. The Hall–Kier alpha value is -2.86. The first-order valence-electron chi connectivity index (χ1n) is 12.9. The van der Waals surface area contributed by atoms with Crippen LogP contribution in [0.3, 0.4) is 0 Å². The number of benzene rings is 4. The van der Waals surface area contributed by atoms with Crippen molar-refractivity contribution in [2.24, 2.45) is 0 Å². The van der Waals surface area contributed by atoms with Crippen molar-refractivity contribution >= 4 is 27.6 Å². The molecule has 1 unspecified atom stereocenters. The van der Waals surface area contributed by atoms with Crippen molar-refractivity contribution in [1.29, 1.82) is 0 Å². The van der Waals surface area contributed by atoms with Crippen molar-refractivity contribution in [1.82, 2.24) is 0 Å². The molecule has 0 spiro atoms. The lowest BCUT2D eigenvalue weighted by atomic mass is 9.70. The highest BCUT2D eigenvalue weighted by atomic mass is 14.3. The van der Waals surface area contributed by atoms with Crippen LogP contribution in [0.15, 0.2) is 66.7 Å². The molecule has 0 aromatic heterocycles. The summed E-state index contributed by atoms with van der Waals surface area (Å²) in [6, 6.07) is 23.0. The van der Waals surface area contributed by atoms with Crippen LogP contribution < -0.4 is 0 Å². The Labute approximate surface area is 205 Å². The first kappa shape index (κ1) is 22.9. The van der Waals surface area contributed by atoms with Crippen molar-refractivity contribution < 1.29 is 0 Å². The molecule has 0 bridgehead atoms. The molecule has 1 aliphatic carbocycles. The lowest BCUT2D eigenvalue weighted by Crippen LogP contribution is -2.18. The predicted molar refractivity (Wildman–Crippen MR) is 151 cm³/mol. The van der Waals surface area contributed by atoms with Gasteiger partial charge in [0.25, 0.3) is 0 Å². The van der Waals surface area contributed by atoms with E-state index in [1.54, 1.807) is 5.56 Å². The van der Waals surface area contributed by atoms with Crippen LogP contribution in [-0.4, -0.2) is 0 Å². The second-order valence-corrected chi connectivity index (χ2v) is 12.1. The molecule has 0 amide bonds. The van der Waals surface area contributed by atoms with E-state index in [1.807, 2.05) is 0 Å². The molecule has 0 nitrogen and oxygen atoms in total. The second-order valence-electron chi connectivity index (χ2n) is 12.1. The van der Waals surface area contributed by atoms with Crippen LogP contribution in [0, 0.1) is 0 Å². The third kappa shape index (κ3) is 3.59. The highest BCUT2D eigenvalue weighted by molar-refractivity contribution is 6.10. The van der Waals surface area contributed by atoms with Crippen molar-refractivity contribution in [3.63, 3.8) is 0 Å². The second kappa shape index (κ2) is 8.12. The number of hydrogen-bond acceptors (Lipinski definition) is 0. The van der Waals surface area contributed by atoms with E-state index in [1.165, 1.54) is 49.4 Å². The summed E-state index contributed by atoms with van der Waals surface area (Å²) >= 11 is 0. The van der Waals surface area contributed by atoms with Crippen LogP contribution in [0.4, 0.5) is 0 Å². The fraction of sp³-hybridized carbons (Fsp3) is 0.353. The Bertz CT molecular complexity index is 1420. The summed E-state index contributed by atoms with van der Waals surface area (Å²) < 4.78 is 0. The van der Waals surface area contributed by atoms with E-state index in [4.69, 9.17) is 0 Å². The molecule has 0 N–H and O–H groups in total. The van der Waals surface area contributed by atoms with Crippen LogP contribution in [-0.2, 0) is 10.8 Å². The Morgan fingerprint density at radius 1 is 0.706 bits per heavy atom. The molecular weight excluding hydrogens is 408 g/mol. The largest absolute Gasteiger partial charge is 0.0833 e. The van der Waals surface area contributed by atoms with Crippen LogP contribution in [0.2, 0.25) is 0 Å². The van der Waals surface area contributed by atoms with Crippen LogP contribution in [0.1, 0.15) is 89.5 Å². The van der Waals surface area contributed by atoms with Gasteiger partial charge in [0.1, 0.15) is 0 Å². The average molecular weight is 447 g/mol. The summed E-state index contributed by atoms with van der Waals surface area (Å²) in [6.07, 6.45) is 7.11. The molecule has 4 aromatic carbocycles. The number of fused-ring (bicyclic) bond motifs is 3. The molecule has 0 saturated carbocycles. The number of hydrogen-bond donors (Lipinski definition) is 0. The van der Waals surface area contributed by atoms with E-state index in [0.29, 0.717) is 5.92 Å². The first-order chi connectivity index (χ1) is 16.1. The fourth-order valence-corrected chi connectivity index (χ4v) is 6.18. The van der Waals surface area contributed by atoms with E-state index in [0.717, 1.165) is 12.8 Å². The molecule has 174 valence electrons. The highest BCUT2D eigenvalue weighted by Crippen LogP contribution is 2.50. The van der Waals surface area contributed by atoms with Crippen molar-refractivity contribution in [3.05, 3.63) is 89.0 Å². The molecule has 1 atom stereocenters. The molecule has 0 radical (unpaired) electrons. The molecule has 0 fully saturated rings. The molecule has 0 aliphatic heterocycles. The number of allylic oxidation sites excluding steroid dienone is 1. The van der Waals surface area contributed by atoms with Gasteiger partial charge < -0.3 is 0 Å². The van der Waals surface area contributed by atoms with Gasteiger partial charge in [-0.05, 0) is 84.5 Å². The maximum Gasteiger partial charge on any atom is -0.00579 e. The van der Waals surface area contributed by atoms with E-state index < -0.39 is 0 Å². The van der Waals surface area contributed by atoms with E-state index in [-0.39, 0.29) is 10.8 Å². The van der Waals surface area contributed by atoms with Crippen LogP contribution in [0.5, 0.6) is 0 Å². The Kier molecular flexibility index (Phi) is 5.47. The summed E-state index contributed by atoms with van der Waals surface area (Å²) in [4.78, 5) is 0. The predicted octanol–water partition coefficient (Wildman–Crippen LogP) is 10.2. The first-order valence-corrected chi connectivity index (χ1v) is 12.9. The summed E-state index contributed by atoms with van der Waals surface area (Å²) in [7, 11) is 0. The molecule has 0 heteroatoms.